The lowest BCUT2D eigenvalue weighted by Gasteiger charge is -2.17. The molecule has 0 atom stereocenters. The van der Waals surface area contributed by atoms with Gasteiger partial charge < -0.3 is 14.8 Å². The maximum Gasteiger partial charge on any atom is 0.331 e. The van der Waals surface area contributed by atoms with Crippen LogP contribution < -0.4 is 0 Å². The van der Waals surface area contributed by atoms with Crippen LogP contribution in [0, 0.1) is 0 Å². The first-order chi connectivity index (χ1) is 8.83. The molecule has 2 N–H and O–H groups in total. The number of rotatable bonds is 2. The van der Waals surface area contributed by atoms with Gasteiger partial charge in [0.1, 0.15) is 11.4 Å². The van der Waals surface area contributed by atoms with E-state index in [4.69, 9.17) is 4.74 Å². The van der Waals surface area contributed by atoms with E-state index in [2.05, 4.69) is 4.98 Å². The summed E-state index contributed by atoms with van der Waals surface area (Å²) in [6.07, 6.45) is 3.04. The maximum absolute atomic E-state index is 11.5. The van der Waals surface area contributed by atoms with Crippen molar-refractivity contribution in [2.24, 2.45) is 0 Å². The van der Waals surface area contributed by atoms with E-state index < -0.39 is 5.60 Å². The monoisotopic (exact) mass is 259 g/mol. The Bertz CT molecular complexity index is 632. The standard InChI is InChI=1S/C15H17NO3/c1-15(2,3)19-14(18)7-4-11-8-10-9-12(17)5-6-13(10)16-11/h4-9,16-17H,1-3H3/b7-4+. The van der Waals surface area contributed by atoms with Crippen molar-refractivity contribution >= 4 is 22.9 Å². The molecule has 19 heavy (non-hydrogen) atoms. The largest absolute Gasteiger partial charge is 0.508 e. The van der Waals surface area contributed by atoms with E-state index in [1.165, 1.54) is 6.08 Å². The molecule has 0 spiro atoms. The molecule has 1 heterocycles. The highest BCUT2D eigenvalue weighted by Gasteiger charge is 2.13. The van der Waals surface area contributed by atoms with Gasteiger partial charge >= 0.3 is 5.97 Å². The SMILES string of the molecule is CC(C)(C)OC(=O)/C=C/c1cc2cc(O)ccc2[nH]1. The van der Waals surface area contributed by atoms with Gasteiger partial charge in [0.15, 0.2) is 0 Å². The smallest absolute Gasteiger partial charge is 0.331 e. The van der Waals surface area contributed by atoms with Gasteiger partial charge in [-0.05, 0) is 51.1 Å². The summed E-state index contributed by atoms with van der Waals surface area (Å²) in [7, 11) is 0. The predicted molar refractivity (Wildman–Crippen MR) is 74.8 cm³/mol. The number of aromatic amines is 1. The molecule has 0 unspecified atom stereocenters. The van der Waals surface area contributed by atoms with Gasteiger partial charge in [0, 0.05) is 22.7 Å². The highest BCUT2D eigenvalue weighted by Crippen LogP contribution is 2.21. The number of phenolic OH excluding ortho intramolecular Hbond substituents is 1. The second kappa shape index (κ2) is 4.80. The van der Waals surface area contributed by atoms with Gasteiger partial charge in [-0.1, -0.05) is 0 Å². The van der Waals surface area contributed by atoms with Crippen LogP contribution in [0.4, 0.5) is 0 Å². The van der Waals surface area contributed by atoms with E-state index in [1.807, 2.05) is 26.8 Å². The van der Waals surface area contributed by atoms with Crippen LogP contribution in [-0.2, 0) is 9.53 Å². The molecule has 0 radical (unpaired) electrons. The molecule has 1 aromatic carbocycles. The molecule has 2 rings (SSSR count). The Labute approximate surface area is 111 Å². The van der Waals surface area contributed by atoms with E-state index in [0.717, 1.165) is 16.6 Å². The molecule has 0 saturated carbocycles. The fraction of sp³-hybridized carbons (Fsp3) is 0.267. The number of hydrogen-bond acceptors (Lipinski definition) is 3. The summed E-state index contributed by atoms with van der Waals surface area (Å²) in [6, 6.07) is 6.92. The number of ether oxygens (including phenoxy) is 1. The molecule has 4 heteroatoms. The summed E-state index contributed by atoms with van der Waals surface area (Å²) in [5, 5.41) is 10.3. The average molecular weight is 259 g/mol. The lowest BCUT2D eigenvalue weighted by atomic mass is 10.2. The van der Waals surface area contributed by atoms with Gasteiger partial charge in [0.2, 0.25) is 0 Å². The molecule has 1 aromatic heterocycles. The van der Waals surface area contributed by atoms with Crippen LogP contribution in [0.25, 0.3) is 17.0 Å². The van der Waals surface area contributed by atoms with E-state index in [1.54, 1.807) is 24.3 Å². The number of aromatic nitrogens is 1. The third kappa shape index (κ3) is 3.61. The fourth-order valence-electron chi connectivity index (χ4n) is 1.73. The second-order valence-corrected chi connectivity index (χ2v) is 5.36. The van der Waals surface area contributed by atoms with Crippen LogP contribution in [0.5, 0.6) is 5.75 Å². The van der Waals surface area contributed by atoms with Crippen LogP contribution in [0.15, 0.2) is 30.3 Å². The Hall–Kier alpha value is -2.23. The van der Waals surface area contributed by atoms with Crippen molar-refractivity contribution in [3.05, 3.63) is 36.0 Å². The van der Waals surface area contributed by atoms with Crippen LogP contribution in [0.2, 0.25) is 0 Å². The molecule has 100 valence electrons. The highest BCUT2D eigenvalue weighted by atomic mass is 16.6. The minimum absolute atomic E-state index is 0.217. The summed E-state index contributed by atoms with van der Waals surface area (Å²) in [6.45, 7) is 5.47. The lowest BCUT2D eigenvalue weighted by molar-refractivity contribution is -0.148. The van der Waals surface area contributed by atoms with Crippen molar-refractivity contribution < 1.29 is 14.6 Å². The Kier molecular flexibility index (Phi) is 3.34. The molecule has 0 fully saturated rings. The van der Waals surface area contributed by atoms with E-state index in [9.17, 15) is 9.90 Å². The van der Waals surface area contributed by atoms with Gasteiger partial charge in [-0.15, -0.1) is 0 Å². The van der Waals surface area contributed by atoms with E-state index >= 15 is 0 Å². The zero-order chi connectivity index (χ0) is 14.0. The number of hydrogen-bond donors (Lipinski definition) is 2. The molecule has 0 bridgehead atoms. The summed E-state index contributed by atoms with van der Waals surface area (Å²) < 4.78 is 5.17. The van der Waals surface area contributed by atoms with Gasteiger partial charge in [0.25, 0.3) is 0 Å². The van der Waals surface area contributed by atoms with Gasteiger partial charge in [0.05, 0.1) is 0 Å². The van der Waals surface area contributed by atoms with Crippen molar-refractivity contribution in [1.29, 1.82) is 0 Å². The second-order valence-electron chi connectivity index (χ2n) is 5.36. The van der Waals surface area contributed by atoms with Crippen molar-refractivity contribution in [3.8, 4) is 5.75 Å². The van der Waals surface area contributed by atoms with Crippen LogP contribution >= 0.6 is 0 Å². The number of esters is 1. The van der Waals surface area contributed by atoms with Gasteiger partial charge in [-0.3, -0.25) is 0 Å². The Balaban J connectivity index is 2.15. The maximum atomic E-state index is 11.5. The Morgan fingerprint density at radius 1 is 1.32 bits per heavy atom. The van der Waals surface area contributed by atoms with Crippen molar-refractivity contribution in [2.45, 2.75) is 26.4 Å². The number of aromatic hydroxyl groups is 1. The zero-order valence-electron chi connectivity index (χ0n) is 11.2. The first kappa shape index (κ1) is 13.2. The quantitative estimate of drug-likeness (QED) is 0.643. The van der Waals surface area contributed by atoms with Crippen LogP contribution in [-0.4, -0.2) is 21.7 Å². The summed E-state index contributed by atoms with van der Waals surface area (Å²) in [5.74, 6) is -0.164. The molecule has 2 aromatic rings. The minimum atomic E-state index is -0.492. The van der Waals surface area contributed by atoms with Crippen molar-refractivity contribution in [2.75, 3.05) is 0 Å². The number of fused-ring (bicyclic) bond motifs is 1. The molecule has 0 saturated heterocycles. The number of carbonyl (C=O) groups is 1. The molecule has 0 aliphatic rings. The highest BCUT2D eigenvalue weighted by molar-refractivity contribution is 5.89. The van der Waals surface area contributed by atoms with E-state index in [0.29, 0.717) is 0 Å². The number of H-pyrrole nitrogens is 1. The van der Waals surface area contributed by atoms with E-state index in [-0.39, 0.29) is 11.7 Å². The fourth-order valence-corrected chi connectivity index (χ4v) is 1.73. The average Bonchev–Trinajstić information content (AvgIpc) is 2.66. The third-order valence-corrected chi connectivity index (χ3v) is 2.43. The number of nitrogens with one attached hydrogen (secondary N) is 1. The first-order valence-electron chi connectivity index (χ1n) is 6.06. The normalized spacial score (nSPS) is 12.2. The van der Waals surface area contributed by atoms with Crippen LogP contribution in [0.1, 0.15) is 26.5 Å². The van der Waals surface area contributed by atoms with Crippen molar-refractivity contribution in [3.63, 3.8) is 0 Å². The summed E-state index contributed by atoms with van der Waals surface area (Å²) in [4.78, 5) is 14.7. The number of benzene rings is 1. The minimum Gasteiger partial charge on any atom is -0.508 e. The number of phenols is 1. The zero-order valence-corrected chi connectivity index (χ0v) is 11.2. The lowest BCUT2D eigenvalue weighted by Crippen LogP contribution is -2.22. The van der Waals surface area contributed by atoms with Gasteiger partial charge in [-0.25, -0.2) is 4.79 Å². The summed E-state index contributed by atoms with van der Waals surface area (Å²) in [5.41, 5.74) is 1.20. The Morgan fingerprint density at radius 2 is 2.05 bits per heavy atom. The van der Waals surface area contributed by atoms with Crippen molar-refractivity contribution in [1.82, 2.24) is 4.98 Å². The predicted octanol–water partition coefficient (Wildman–Crippen LogP) is 3.23. The molecule has 0 amide bonds. The van der Waals surface area contributed by atoms with Gasteiger partial charge in [-0.2, -0.15) is 0 Å². The molecular weight excluding hydrogens is 242 g/mol. The molecular formula is C15H17NO3. The van der Waals surface area contributed by atoms with Crippen LogP contribution in [0.3, 0.4) is 0 Å². The molecule has 0 aliphatic carbocycles. The summed E-state index contributed by atoms with van der Waals surface area (Å²) >= 11 is 0. The third-order valence-electron chi connectivity index (χ3n) is 2.43. The topological polar surface area (TPSA) is 62.3 Å². The first-order valence-corrected chi connectivity index (χ1v) is 6.06. The Morgan fingerprint density at radius 3 is 2.74 bits per heavy atom. The number of carbonyl (C=O) groups excluding carboxylic acids is 1. The molecule has 4 nitrogen and oxygen atoms in total. The molecule has 0 aliphatic heterocycles.